The molecule has 0 radical (unpaired) electrons. The number of nitrogens with zero attached hydrogens (tertiary/aromatic N) is 3. The summed E-state index contributed by atoms with van der Waals surface area (Å²) in [6.07, 6.45) is 0. The summed E-state index contributed by atoms with van der Waals surface area (Å²) in [4.78, 5) is 7.65. The zero-order valence-electron chi connectivity index (χ0n) is 41.2. The normalized spacial score (nSPS) is 14.5. The molecule has 0 spiro atoms. The SMILES string of the molecule is CC(C)(C)c1ccc(N2c3cc(N(c4ccccc4)c4ccccc4)ccc3B3c4cc(C(C)(C)C)ccc4N(c4ccc5c(c4)C(C)(C)c4ccccc4-5)c4cc([Si](C)(C)C)cc2c43)cc1. The van der Waals surface area contributed by atoms with Crippen molar-refractivity contribution in [3.63, 3.8) is 0 Å². The molecule has 0 atom stereocenters. The van der Waals surface area contributed by atoms with Gasteiger partial charge in [-0.1, -0.05) is 177 Å². The third-order valence-electron chi connectivity index (χ3n) is 14.9. The molecule has 0 aromatic heterocycles. The molecule has 2 aliphatic heterocycles. The van der Waals surface area contributed by atoms with Crippen molar-refractivity contribution in [1.82, 2.24) is 0 Å². The molecule has 332 valence electrons. The molecule has 67 heavy (non-hydrogen) atoms. The Balaban J connectivity index is 1.22. The van der Waals surface area contributed by atoms with Gasteiger partial charge in [-0.25, -0.2) is 0 Å². The molecular formula is C62H62BN3Si. The number of anilines is 9. The van der Waals surface area contributed by atoms with Crippen molar-refractivity contribution in [1.29, 1.82) is 0 Å². The zero-order chi connectivity index (χ0) is 46.8. The Hall–Kier alpha value is -6.56. The van der Waals surface area contributed by atoms with E-state index < -0.39 is 8.07 Å². The Labute approximate surface area is 400 Å². The first-order valence-electron chi connectivity index (χ1n) is 24.2. The molecule has 1 aliphatic carbocycles. The van der Waals surface area contributed by atoms with E-state index in [9.17, 15) is 0 Å². The van der Waals surface area contributed by atoms with Crippen LogP contribution in [0.4, 0.5) is 51.2 Å². The van der Waals surface area contributed by atoms with Crippen molar-refractivity contribution >= 4 is 87.5 Å². The summed E-state index contributed by atoms with van der Waals surface area (Å²) in [5.74, 6) is 0. The van der Waals surface area contributed by atoms with E-state index in [1.165, 1.54) is 89.1 Å². The lowest BCUT2D eigenvalue weighted by molar-refractivity contribution is 0.590. The minimum Gasteiger partial charge on any atom is -0.311 e. The average molecular weight is 888 g/mol. The third kappa shape index (κ3) is 7.00. The van der Waals surface area contributed by atoms with Gasteiger partial charge in [0.1, 0.15) is 0 Å². The van der Waals surface area contributed by atoms with E-state index in [1.807, 2.05) is 0 Å². The molecule has 0 unspecified atom stereocenters. The first-order valence-corrected chi connectivity index (χ1v) is 27.7. The van der Waals surface area contributed by atoms with Crippen LogP contribution in [-0.2, 0) is 16.2 Å². The standard InChI is InChI=1S/C62H62BN3Si/c1-60(2,3)41-26-29-45(30-27-41)65-56-38-47(64(43-20-14-12-15-21-43)44-22-16-13-17-23-44)32-34-53(56)63-54-36-42(61(4,5)6)28-35-55(54)66(58-40-48(67(9,10)11)39-57(65)59(58)63)46-31-33-50-49-24-18-19-25-51(49)62(7,8)52(50)37-46/h12-40H,1-11H3. The highest BCUT2D eigenvalue weighted by atomic mass is 28.3. The van der Waals surface area contributed by atoms with Crippen LogP contribution in [0.3, 0.4) is 0 Å². The van der Waals surface area contributed by atoms with Gasteiger partial charge in [-0.05, 0) is 139 Å². The molecule has 11 rings (SSSR count). The fraction of sp³-hybridized carbons (Fsp3) is 0.226. The molecule has 3 nitrogen and oxygen atoms in total. The summed E-state index contributed by atoms with van der Waals surface area (Å²) in [6.45, 7) is 26.3. The Morgan fingerprint density at radius 1 is 0.448 bits per heavy atom. The Morgan fingerprint density at radius 2 is 1.00 bits per heavy atom. The Morgan fingerprint density at radius 3 is 1.61 bits per heavy atom. The van der Waals surface area contributed by atoms with Gasteiger partial charge in [0.05, 0.1) is 8.07 Å². The lowest BCUT2D eigenvalue weighted by Crippen LogP contribution is -2.62. The summed E-state index contributed by atoms with van der Waals surface area (Å²) < 4.78 is 0. The Kier molecular flexibility index (Phi) is 9.79. The van der Waals surface area contributed by atoms with Gasteiger partial charge >= 0.3 is 0 Å². The van der Waals surface area contributed by atoms with Crippen molar-refractivity contribution in [3.8, 4) is 11.1 Å². The highest BCUT2D eigenvalue weighted by Gasteiger charge is 2.45. The number of hydrogen-bond donors (Lipinski definition) is 0. The molecule has 0 fully saturated rings. The summed E-state index contributed by atoms with van der Waals surface area (Å²) in [5.41, 5.74) is 22.8. The van der Waals surface area contributed by atoms with Crippen molar-refractivity contribution < 1.29 is 0 Å². The van der Waals surface area contributed by atoms with Gasteiger partial charge in [0.25, 0.3) is 6.71 Å². The minimum atomic E-state index is -1.91. The predicted molar refractivity (Wildman–Crippen MR) is 293 cm³/mol. The van der Waals surface area contributed by atoms with Gasteiger partial charge < -0.3 is 14.7 Å². The highest BCUT2D eigenvalue weighted by Crippen LogP contribution is 2.52. The summed E-state index contributed by atoms with van der Waals surface area (Å²) in [7, 11) is -1.91. The van der Waals surface area contributed by atoms with Crippen LogP contribution in [0, 0.1) is 0 Å². The van der Waals surface area contributed by atoms with Gasteiger partial charge in [-0.15, -0.1) is 0 Å². The molecule has 0 saturated carbocycles. The number of fused-ring (bicyclic) bond motifs is 7. The van der Waals surface area contributed by atoms with Gasteiger partial charge in [0.15, 0.2) is 0 Å². The first-order chi connectivity index (χ1) is 31.9. The molecular weight excluding hydrogens is 826 g/mol. The molecule has 8 aromatic carbocycles. The monoisotopic (exact) mass is 887 g/mol. The van der Waals surface area contributed by atoms with E-state index in [1.54, 1.807) is 0 Å². The van der Waals surface area contributed by atoms with Crippen molar-refractivity contribution in [2.75, 3.05) is 14.7 Å². The number of para-hydroxylation sites is 2. The number of hydrogen-bond acceptors (Lipinski definition) is 3. The van der Waals surface area contributed by atoms with Gasteiger partial charge in [-0.3, -0.25) is 0 Å². The lowest BCUT2D eigenvalue weighted by atomic mass is 9.33. The maximum absolute atomic E-state index is 2.63. The van der Waals surface area contributed by atoms with Crippen LogP contribution in [0.5, 0.6) is 0 Å². The molecule has 0 N–H and O–H groups in total. The Bertz CT molecular complexity index is 3190. The van der Waals surface area contributed by atoms with Crippen molar-refractivity contribution in [2.24, 2.45) is 0 Å². The molecule has 0 bridgehead atoms. The highest BCUT2D eigenvalue weighted by molar-refractivity contribution is 7.00. The second-order valence-electron chi connectivity index (χ2n) is 22.8. The smallest absolute Gasteiger partial charge is 0.252 e. The molecule has 0 amide bonds. The largest absolute Gasteiger partial charge is 0.311 e. The van der Waals surface area contributed by atoms with Gasteiger partial charge in [0.2, 0.25) is 0 Å². The maximum atomic E-state index is 2.63. The van der Waals surface area contributed by atoms with E-state index in [-0.39, 0.29) is 23.0 Å². The number of benzene rings is 8. The molecule has 3 aliphatic rings. The second kappa shape index (κ2) is 15.2. The lowest BCUT2D eigenvalue weighted by Gasteiger charge is -2.45. The minimum absolute atomic E-state index is 0.000377. The fourth-order valence-corrected chi connectivity index (χ4v) is 12.3. The van der Waals surface area contributed by atoms with Crippen LogP contribution in [0.15, 0.2) is 176 Å². The van der Waals surface area contributed by atoms with Gasteiger partial charge in [-0.2, -0.15) is 0 Å². The predicted octanol–water partition coefficient (Wildman–Crippen LogP) is 14.7. The molecule has 8 aromatic rings. The summed E-state index contributed by atoms with van der Waals surface area (Å²) in [5, 5.41) is 1.44. The van der Waals surface area contributed by atoms with Crippen molar-refractivity contribution in [3.05, 3.63) is 198 Å². The van der Waals surface area contributed by atoms with Crippen LogP contribution in [-0.4, -0.2) is 14.8 Å². The van der Waals surface area contributed by atoms with Crippen LogP contribution in [0.1, 0.15) is 77.6 Å². The van der Waals surface area contributed by atoms with E-state index >= 15 is 0 Å². The second-order valence-corrected chi connectivity index (χ2v) is 27.8. The van der Waals surface area contributed by atoms with Crippen LogP contribution in [0.25, 0.3) is 11.1 Å². The molecule has 2 heterocycles. The number of rotatable bonds is 6. The van der Waals surface area contributed by atoms with Crippen molar-refractivity contribution in [2.45, 2.75) is 91.3 Å². The molecule has 5 heteroatoms. The van der Waals surface area contributed by atoms with E-state index in [4.69, 9.17) is 0 Å². The average Bonchev–Trinajstić information content (AvgIpc) is 3.53. The zero-order valence-corrected chi connectivity index (χ0v) is 42.2. The van der Waals surface area contributed by atoms with E-state index in [0.29, 0.717) is 0 Å². The maximum Gasteiger partial charge on any atom is 0.252 e. The quantitative estimate of drug-likeness (QED) is 0.154. The molecule has 0 saturated heterocycles. The summed E-state index contributed by atoms with van der Waals surface area (Å²) in [6, 6.07) is 67.2. The van der Waals surface area contributed by atoms with Crippen LogP contribution in [0.2, 0.25) is 19.6 Å². The third-order valence-corrected chi connectivity index (χ3v) is 16.9. The van der Waals surface area contributed by atoms with E-state index in [2.05, 4.69) is 266 Å². The topological polar surface area (TPSA) is 9.72 Å². The van der Waals surface area contributed by atoms with Crippen LogP contribution < -0.4 is 36.3 Å². The summed E-state index contributed by atoms with van der Waals surface area (Å²) >= 11 is 0. The van der Waals surface area contributed by atoms with Gasteiger partial charge in [0, 0.05) is 56.6 Å². The van der Waals surface area contributed by atoms with Crippen LogP contribution >= 0.6 is 0 Å². The fourth-order valence-electron chi connectivity index (χ4n) is 11.1. The first kappa shape index (κ1) is 43.0. The van der Waals surface area contributed by atoms with E-state index in [0.717, 1.165) is 17.1 Å².